The Morgan fingerprint density at radius 3 is 2.23 bits per heavy atom. The Balaban J connectivity index is 2.02. The number of carbonyl (C=O) groups excluding carboxylic acids is 4. The van der Waals surface area contributed by atoms with Gasteiger partial charge in [-0.1, -0.05) is 0 Å². The Labute approximate surface area is 201 Å². The summed E-state index contributed by atoms with van der Waals surface area (Å²) >= 11 is 0. The number of nitrogens with two attached hydrogens (primary N) is 1. The zero-order valence-electron chi connectivity index (χ0n) is 19.9. The lowest BCUT2D eigenvalue weighted by Gasteiger charge is -2.50. The van der Waals surface area contributed by atoms with E-state index < -0.39 is 70.4 Å². The van der Waals surface area contributed by atoms with E-state index in [1.165, 1.54) is 19.9 Å². The standard InChI is InChI=1S/C25H28N2O8/c1-9(28)12-7-13(10(2)29)20(30)18-14(12)5-11-6-16-19(27(3)4)21(31)15(8-26)23(33)25(16,35)24(34)17(11)22(18)32/h7,11,16,19,30,32-33,35H,5-6,8,26H2,1-4H3. The van der Waals surface area contributed by atoms with Crippen molar-refractivity contribution in [2.75, 3.05) is 20.6 Å². The van der Waals surface area contributed by atoms with Crippen LogP contribution in [0.15, 0.2) is 23.0 Å². The van der Waals surface area contributed by atoms with Crippen LogP contribution in [0.1, 0.15) is 52.1 Å². The van der Waals surface area contributed by atoms with Gasteiger partial charge in [0.05, 0.1) is 22.7 Å². The lowest BCUT2D eigenvalue weighted by atomic mass is 9.57. The highest BCUT2D eigenvalue weighted by Gasteiger charge is 2.63. The summed E-state index contributed by atoms with van der Waals surface area (Å²) in [6.45, 7) is 2.08. The highest BCUT2D eigenvalue weighted by molar-refractivity contribution is 6.15. The summed E-state index contributed by atoms with van der Waals surface area (Å²) < 4.78 is 0. The van der Waals surface area contributed by atoms with Crippen molar-refractivity contribution in [3.8, 4) is 5.75 Å². The molecule has 0 aliphatic heterocycles. The van der Waals surface area contributed by atoms with E-state index in [1.54, 1.807) is 19.0 Å². The molecule has 0 aromatic heterocycles. The summed E-state index contributed by atoms with van der Waals surface area (Å²) in [6, 6.07) is 0.302. The molecule has 1 fully saturated rings. The van der Waals surface area contributed by atoms with Gasteiger partial charge in [0.2, 0.25) is 5.78 Å². The first kappa shape index (κ1) is 24.8. The quantitative estimate of drug-likeness (QED) is 0.385. The first-order chi connectivity index (χ1) is 16.3. The maximum atomic E-state index is 13.8. The Kier molecular flexibility index (Phi) is 5.74. The van der Waals surface area contributed by atoms with E-state index in [1.807, 2.05) is 0 Å². The van der Waals surface area contributed by atoms with Gasteiger partial charge < -0.3 is 26.2 Å². The molecule has 0 radical (unpaired) electrons. The molecule has 0 heterocycles. The molecule has 1 saturated carbocycles. The Hall–Kier alpha value is -3.34. The maximum absolute atomic E-state index is 13.8. The summed E-state index contributed by atoms with van der Waals surface area (Å²) in [5.74, 6) is -6.31. The molecule has 3 aliphatic rings. The van der Waals surface area contributed by atoms with Crippen molar-refractivity contribution in [2.24, 2.45) is 17.6 Å². The fraction of sp³-hybridized carbons (Fsp3) is 0.440. The van der Waals surface area contributed by atoms with Crippen molar-refractivity contribution in [1.82, 2.24) is 4.90 Å². The van der Waals surface area contributed by atoms with Gasteiger partial charge in [0.25, 0.3) is 0 Å². The van der Waals surface area contributed by atoms with Crippen molar-refractivity contribution in [2.45, 2.75) is 38.3 Å². The molecule has 3 aliphatic carbocycles. The van der Waals surface area contributed by atoms with Gasteiger partial charge in [-0.15, -0.1) is 0 Å². The predicted octanol–water partition coefficient (Wildman–Crippen LogP) is 0.843. The summed E-state index contributed by atoms with van der Waals surface area (Å²) in [5, 5.41) is 44.5. The molecule has 0 amide bonds. The van der Waals surface area contributed by atoms with E-state index in [9.17, 15) is 39.6 Å². The largest absolute Gasteiger partial charge is 0.508 e. The second-order valence-corrected chi connectivity index (χ2v) is 9.69. The van der Waals surface area contributed by atoms with Gasteiger partial charge in [-0.05, 0) is 58.3 Å². The van der Waals surface area contributed by atoms with Crippen molar-refractivity contribution in [3.05, 3.63) is 45.2 Å². The number of fused-ring (bicyclic) bond motifs is 3. The molecule has 4 rings (SSSR count). The number of ketones is 4. The summed E-state index contributed by atoms with van der Waals surface area (Å²) in [7, 11) is 3.22. The van der Waals surface area contributed by atoms with Crippen molar-refractivity contribution >= 4 is 28.9 Å². The first-order valence-electron chi connectivity index (χ1n) is 11.2. The minimum atomic E-state index is -2.52. The molecule has 4 atom stereocenters. The number of Topliss-reactive ketones (excluding diaryl/α,β-unsaturated/α-hetero) is 4. The number of aromatic hydroxyl groups is 1. The van der Waals surface area contributed by atoms with Gasteiger partial charge in [0.15, 0.2) is 23.0 Å². The first-order valence-corrected chi connectivity index (χ1v) is 11.2. The van der Waals surface area contributed by atoms with Gasteiger partial charge in [-0.25, -0.2) is 0 Å². The number of benzene rings is 1. The topological polar surface area (TPSA) is 178 Å². The molecular weight excluding hydrogens is 456 g/mol. The highest BCUT2D eigenvalue weighted by atomic mass is 16.3. The number of hydrogen-bond acceptors (Lipinski definition) is 10. The zero-order valence-corrected chi connectivity index (χ0v) is 19.9. The van der Waals surface area contributed by atoms with Crippen LogP contribution in [0, 0.1) is 11.8 Å². The van der Waals surface area contributed by atoms with E-state index in [0.717, 1.165) is 0 Å². The second-order valence-electron chi connectivity index (χ2n) is 9.69. The number of phenols is 1. The van der Waals surface area contributed by atoms with Crippen LogP contribution >= 0.6 is 0 Å². The molecule has 10 heteroatoms. The fourth-order valence-corrected chi connectivity index (χ4v) is 5.92. The molecule has 0 saturated heterocycles. The normalized spacial score (nSPS) is 28.1. The predicted molar refractivity (Wildman–Crippen MR) is 124 cm³/mol. The van der Waals surface area contributed by atoms with Gasteiger partial charge in [-0.3, -0.25) is 24.1 Å². The SMILES string of the molecule is CC(=O)c1cc(C(C)=O)c2c(c1O)C(O)=C1C(=O)C3(O)C(O)=C(CN)C(=O)C(N(C)C)C3CC1C2. The van der Waals surface area contributed by atoms with Crippen LogP contribution in [0.5, 0.6) is 5.75 Å². The molecule has 35 heavy (non-hydrogen) atoms. The number of rotatable bonds is 4. The smallest absolute Gasteiger partial charge is 0.202 e. The lowest BCUT2D eigenvalue weighted by molar-refractivity contribution is -0.153. The zero-order chi connectivity index (χ0) is 26.1. The second kappa shape index (κ2) is 8.11. The molecule has 1 aromatic carbocycles. The highest BCUT2D eigenvalue weighted by Crippen LogP contribution is 2.53. The lowest BCUT2D eigenvalue weighted by Crippen LogP contribution is -2.65. The van der Waals surface area contributed by atoms with Crippen molar-refractivity contribution in [3.63, 3.8) is 0 Å². The molecule has 6 N–H and O–H groups in total. The van der Waals surface area contributed by atoms with Crippen molar-refractivity contribution in [1.29, 1.82) is 0 Å². The Morgan fingerprint density at radius 1 is 1.11 bits per heavy atom. The van der Waals surface area contributed by atoms with E-state index in [-0.39, 0.29) is 46.2 Å². The van der Waals surface area contributed by atoms with Crippen LogP contribution in [-0.4, -0.2) is 80.7 Å². The van der Waals surface area contributed by atoms with Gasteiger partial charge in [-0.2, -0.15) is 0 Å². The summed E-state index contributed by atoms with van der Waals surface area (Å²) in [6.07, 6.45) is 0.0560. The number of aliphatic hydroxyl groups is 3. The van der Waals surface area contributed by atoms with Crippen LogP contribution in [0.3, 0.4) is 0 Å². The third kappa shape index (κ3) is 3.20. The van der Waals surface area contributed by atoms with Crippen LogP contribution in [0.25, 0.3) is 5.76 Å². The number of carbonyl (C=O) groups is 4. The molecule has 4 unspecified atom stereocenters. The molecular formula is C25H28N2O8. The third-order valence-electron chi connectivity index (χ3n) is 7.54. The van der Waals surface area contributed by atoms with Crippen LogP contribution < -0.4 is 5.73 Å². The Morgan fingerprint density at radius 2 is 1.71 bits per heavy atom. The summed E-state index contributed by atoms with van der Waals surface area (Å²) in [4.78, 5) is 52.9. The number of hydrogen-bond donors (Lipinski definition) is 5. The van der Waals surface area contributed by atoms with Crippen molar-refractivity contribution < 1.29 is 39.6 Å². The number of nitrogens with zero attached hydrogens (tertiary/aromatic N) is 1. The minimum Gasteiger partial charge on any atom is -0.508 e. The van der Waals surface area contributed by atoms with Gasteiger partial charge >= 0.3 is 0 Å². The van der Waals surface area contributed by atoms with Gasteiger partial charge in [0.1, 0.15) is 17.3 Å². The number of aliphatic hydroxyl groups excluding tert-OH is 2. The molecule has 0 spiro atoms. The Bertz CT molecular complexity index is 1270. The monoisotopic (exact) mass is 484 g/mol. The molecule has 0 bridgehead atoms. The minimum absolute atomic E-state index is 0.0180. The third-order valence-corrected chi connectivity index (χ3v) is 7.54. The van der Waals surface area contributed by atoms with E-state index in [4.69, 9.17) is 5.73 Å². The van der Waals surface area contributed by atoms with Crippen LogP contribution in [-0.2, 0) is 16.0 Å². The average molecular weight is 485 g/mol. The average Bonchev–Trinajstić information content (AvgIpc) is 2.76. The molecule has 1 aromatic rings. The van der Waals surface area contributed by atoms with Crippen LogP contribution in [0.4, 0.5) is 0 Å². The number of phenolic OH excluding ortho intramolecular Hbond substituents is 1. The maximum Gasteiger partial charge on any atom is 0.202 e. The van der Waals surface area contributed by atoms with E-state index >= 15 is 0 Å². The summed E-state index contributed by atoms with van der Waals surface area (Å²) in [5.41, 5.74) is 2.62. The van der Waals surface area contributed by atoms with Crippen LogP contribution in [0.2, 0.25) is 0 Å². The van der Waals surface area contributed by atoms with E-state index in [0.29, 0.717) is 0 Å². The van der Waals surface area contributed by atoms with Gasteiger partial charge in [0, 0.05) is 23.6 Å². The molecule has 10 nitrogen and oxygen atoms in total. The number of likely N-dealkylation sites (N-methyl/N-ethyl adjacent to an activating group) is 1. The van der Waals surface area contributed by atoms with E-state index in [2.05, 4.69) is 0 Å². The fourth-order valence-electron chi connectivity index (χ4n) is 5.92. The molecule has 186 valence electrons.